The van der Waals surface area contributed by atoms with Crippen LogP contribution in [0.1, 0.15) is 26.7 Å². The normalized spacial score (nSPS) is 15.5. The van der Waals surface area contributed by atoms with Gasteiger partial charge in [0.2, 0.25) is 15.9 Å². The maximum absolute atomic E-state index is 13.8. The average molecular weight is 454 g/mol. The molecule has 2 aromatic rings. The molecule has 0 bridgehead atoms. The lowest BCUT2D eigenvalue weighted by atomic mass is 10.2. The van der Waals surface area contributed by atoms with Gasteiger partial charge in [-0.2, -0.15) is 4.31 Å². The molecule has 2 aromatic carbocycles. The minimum absolute atomic E-state index is 0.0185. The third-order valence-corrected chi connectivity index (χ3v) is 6.81. The molecule has 2 N–H and O–H groups in total. The highest BCUT2D eigenvalue weighted by molar-refractivity contribution is 7.89. The molecular formula is C21H25F2N3O4S. The molecule has 1 heterocycles. The molecule has 1 unspecified atom stereocenters. The summed E-state index contributed by atoms with van der Waals surface area (Å²) in [6.07, 6.45) is 1.60. The first-order chi connectivity index (χ1) is 14.7. The monoisotopic (exact) mass is 453 g/mol. The summed E-state index contributed by atoms with van der Waals surface area (Å²) in [4.78, 5) is 12.4. The minimum Gasteiger partial charge on any atom is -0.492 e. The lowest BCUT2D eigenvalue weighted by molar-refractivity contribution is -0.116. The molecule has 10 heteroatoms. The molecule has 1 saturated heterocycles. The molecule has 1 aliphatic heterocycles. The van der Waals surface area contributed by atoms with Crippen LogP contribution in [0.3, 0.4) is 0 Å². The Balaban J connectivity index is 1.80. The molecule has 1 atom stereocenters. The van der Waals surface area contributed by atoms with E-state index in [9.17, 15) is 22.0 Å². The van der Waals surface area contributed by atoms with Crippen LogP contribution in [-0.4, -0.2) is 44.4 Å². The molecular weight excluding hydrogens is 428 g/mol. The fraction of sp³-hybridized carbons (Fsp3) is 0.381. The van der Waals surface area contributed by atoms with Gasteiger partial charge < -0.3 is 15.4 Å². The largest absolute Gasteiger partial charge is 0.492 e. The summed E-state index contributed by atoms with van der Waals surface area (Å²) in [6.45, 7) is 4.48. The number of rotatable bonds is 8. The predicted octanol–water partition coefficient (Wildman–Crippen LogP) is 3.59. The maximum atomic E-state index is 13.8. The number of carbonyl (C=O) groups is 1. The first-order valence-corrected chi connectivity index (χ1v) is 11.5. The van der Waals surface area contributed by atoms with Crippen LogP contribution in [0.5, 0.6) is 5.75 Å². The molecule has 1 amide bonds. The summed E-state index contributed by atoms with van der Waals surface area (Å²) < 4.78 is 60.2. The van der Waals surface area contributed by atoms with Crippen LogP contribution < -0.4 is 15.4 Å². The van der Waals surface area contributed by atoms with Crippen molar-refractivity contribution in [2.45, 2.75) is 37.6 Å². The van der Waals surface area contributed by atoms with Gasteiger partial charge >= 0.3 is 0 Å². The van der Waals surface area contributed by atoms with Crippen molar-refractivity contribution in [3.8, 4) is 5.75 Å². The molecule has 1 fully saturated rings. The summed E-state index contributed by atoms with van der Waals surface area (Å²) in [5.41, 5.74) is 0.103. The lowest BCUT2D eigenvalue weighted by Crippen LogP contribution is -2.32. The van der Waals surface area contributed by atoms with Gasteiger partial charge in [-0.15, -0.1) is 0 Å². The Morgan fingerprint density at radius 2 is 1.87 bits per heavy atom. The SMILES string of the molecule is CCOc1ccc(NC(C)C(=O)Nc2cc(F)ccc2F)cc1S(=O)(=O)N1CCCC1. The number of anilines is 2. The zero-order chi connectivity index (χ0) is 22.6. The Morgan fingerprint density at radius 1 is 1.16 bits per heavy atom. The highest BCUT2D eigenvalue weighted by atomic mass is 32.2. The number of halogens is 2. The van der Waals surface area contributed by atoms with Crippen LogP contribution >= 0.6 is 0 Å². The number of benzene rings is 2. The van der Waals surface area contributed by atoms with Crippen molar-refractivity contribution >= 4 is 27.3 Å². The van der Waals surface area contributed by atoms with Gasteiger partial charge in [0.25, 0.3) is 0 Å². The van der Waals surface area contributed by atoms with Crippen molar-refractivity contribution in [1.29, 1.82) is 0 Å². The number of amides is 1. The molecule has 1 aliphatic rings. The smallest absolute Gasteiger partial charge is 0.246 e. The fourth-order valence-electron chi connectivity index (χ4n) is 3.29. The standard InChI is InChI=1S/C21H25F2N3O4S/c1-3-30-19-9-7-16(13-20(19)31(28,29)26-10-4-5-11-26)24-14(2)21(27)25-18-12-15(22)6-8-17(18)23/h6-9,12-14,24H,3-5,10-11H2,1-2H3,(H,25,27). The van der Waals surface area contributed by atoms with Gasteiger partial charge in [-0.05, 0) is 57.0 Å². The van der Waals surface area contributed by atoms with Gasteiger partial charge in [0.05, 0.1) is 12.3 Å². The molecule has 0 radical (unpaired) electrons. The first-order valence-electron chi connectivity index (χ1n) is 10.0. The Labute approximate surface area is 180 Å². The van der Waals surface area contributed by atoms with Crippen LogP contribution in [0.15, 0.2) is 41.3 Å². The van der Waals surface area contributed by atoms with Crippen LogP contribution in [0.25, 0.3) is 0 Å². The predicted molar refractivity (Wildman–Crippen MR) is 114 cm³/mol. The van der Waals surface area contributed by atoms with Crippen molar-refractivity contribution in [2.75, 3.05) is 30.3 Å². The van der Waals surface area contributed by atoms with E-state index < -0.39 is 33.6 Å². The number of ether oxygens (including phenoxy) is 1. The summed E-state index contributed by atoms with van der Waals surface area (Å²) in [5, 5.41) is 5.23. The van der Waals surface area contributed by atoms with E-state index in [0.29, 0.717) is 25.4 Å². The zero-order valence-corrected chi connectivity index (χ0v) is 18.1. The highest BCUT2D eigenvalue weighted by Crippen LogP contribution is 2.32. The zero-order valence-electron chi connectivity index (χ0n) is 17.3. The Bertz CT molecular complexity index is 1060. The van der Waals surface area contributed by atoms with E-state index in [-0.39, 0.29) is 16.3 Å². The molecule has 168 valence electrons. The minimum atomic E-state index is -3.75. The van der Waals surface area contributed by atoms with Gasteiger partial charge in [-0.1, -0.05) is 0 Å². The van der Waals surface area contributed by atoms with Crippen molar-refractivity contribution < 1.29 is 26.7 Å². The van der Waals surface area contributed by atoms with Gasteiger partial charge in [0.15, 0.2) is 0 Å². The summed E-state index contributed by atoms with van der Waals surface area (Å²) in [5.74, 6) is -1.82. The van der Waals surface area contributed by atoms with Crippen molar-refractivity contribution in [3.05, 3.63) is 48.0 Å². The molecule has 0 spiro atoms. The van der Waals surface area contributed by atoms with Crippen LogP contribution in [0, 0.1) is 11.6 Å². The van der Waals surface area contributed by atoms with E-state index in [1.54, 1.807) is 13.0 Å². The number of carbonyl (C=O) groups excluding carboxylic acids is 1. The van der Waals surface area contributed by atoms with Gasteiger partial charge in [-0.25, -0.2) is 17.2 Å². The van der Waals surface area contributed by atoms with E-state index in [1.807, 2.05) is 0 Å². The number of hydrogen-bond donors (Lipinski definition) is 2. The number of nitrogens with one attached hydrogen (secondary N) is 2. The van der Waals surface area contributed by atoms with Crippen LogP contribution in [0.2, 0.25) is 0 Å². The Kier molecular flexibility index (Phi) is 7.11. The van der Waals surface area contributed by atoms with Crippen molar-refractivity contribution in [1.82, 2.24) is 4.31 Å². The quantitative estimate of drug-likeness (QED) is 0.638. The van der Waals surface area contributed by atoms with E-state index in [0.717, 1.165) is 31.0 Å². The second kappa shape index (κ2) is 9.61. The summed E-state index contributed by atoms with van der Waals surface area (Å²) >= 11 is 0. The summed E-state index contributed by atoms with van der Waals surface area (Å²) in [6, 6.07) is 6.46. The van der Waals surface area contributed by atoms with E-state index >= 15 is 0 Å². The highest BCUT2D eigenvalue weighted by Gasteiger charge is 2.30. The van der Waals surface area contributed by atoms with Crippen LogP contribution in [0.4, 0.5) is 20.2 Å². The molecule has 7 nitrogen and oxygen atoms in total. The topological polar surface area (TPSA) is 87.7 Å². The van der Waals surface area contributed by atoms with E-state index in [2.05, 4.69) is 10.6 Å². The molecule has 3 rings (SSSR count). The van der Waals surface area contributed by atoms with E-state index in [4.69, 9.17) is 4.74 Å². The number of hydrogen-bond acceptors (Lipinski definition) is 5. The van der Waals surface area contributed by atoms with Gasteiger partial charge in [-0.3, -0.25) is 4.79 Å². The molecule has 0 aliphatic carbocycles. The Morgan fingerprint density at radius 3 is 2.55 bits per heavy atom. The third-order valence-electron chi connectivity index (χ3n) is 4.89. The van der Waals surface area contributed by atoms with E-state index in [1.165, 1.54) is 23.4 Å². The van der Waals surface area contributed by atoms with Crippen molar-refractivity contribution in [3.63, 3.8) is 0 Å². The summed E-state index contributed by atoms with van der Waals surface area (Å²) in [7, 11) is -3.75. The van der Waals surface area contributed by atoms with Crippen molar-refractivity contribution in [2.24, 2.45) is 0 Å². The third kappa shape index (κ3) is 5.31. The molecule has 0 saturated carbocycles. The lowest BCUT2D eigenvalue weighted by Gasteiger charge is -2.20. The van der Waals surface area contributed by atoms with Crippen LogP contribution in [-0.2, 0) is 14.8 Å². The van der Waals surface area contributed by atoms with Gasteiger partial charge in [0.1, 0.15) is 28.3 Å². The molecule has 0 aromatic heterocycles. The Hall–Kier alpha value is -2.72. The average Bonchev–Trinajstić information content (AvgIpc) is 3.27. The molecule has 31 heavy (non-hydrogen) atoms. The van der Waals surface area contributed by atoms with Gasteiger partial charge in [0, 0.05) is 24.8 Å². The number of nitrogens with zero attached hydrogens (tertiary/aromatic N) is 1. The number of sulfonamides is 1. The first kappa shape index (κ1) is 23.0. The maximum Gasteiger partial charge on any atom is 0.246 e. The second-order valence-electron chi connectivity index (χ2n) is 7.19. The second-order valence-corrected chi connectivity index (χ2v) is 9.09. The fourth-order valence-corrected chi connectivity index (χ4v) is 4.97.